The molecule has 0 spiro atoms. The zero-order valence-electron chi connectivity index (χ0n) is 18.3. The van der Waals surface area contributed by atoms with Gasteiger partial charge in [0, 0.05) is 32.2 Å². The maximum atomic E-state index is 14.5. The van der Waals surface area contributed by atoms with E-state index in [2.05, 4.69) is 30.5 Å². The highest BCUT2D eigenvalue weighted by Crippen LogP contribution is 2.32. The van der Waals surface area contributed by atoms with Crippen molar-refractivity contribution < 1.29 is 23.0 Å². The third-order valence-corrected chi connectivity index (χ3v) is 5.12. The van der Waals surface area contributed by atoms with E-state index < -0.39 is 18.2 Å². The molecule has 1 aromatic carbocycles. The van der Waals surface area contributed by atoms with E-state index in [1.165, 1.54) is 26.6 Å². The Morgan fingerprint density at radius 1 is 0.970 bits per heavy atom. The molecule has 0 unspecified atom stereocenters. The summed E-state index contributed by atoms with van der Waals surface area (Å²) in [4.78, 5) is 15.1. The van der Waals surface area contributed by atoms with Crippen LogP contribution in [0.4, 0.5) is 26.2 Å². The maximum absolute atomic E-state index is 14.5. The molecule has 0 atom stereocenters. The number of piperazine rings is 1. The second-order valence-corrected chi connectivity index (χ2v) is 7.19. The van der Waals surface area contributed by atoms with Crippen molar-refractivity contribution in [1.82, 2.24) is 20.3 Å². The lowest BCUT2D eigenvalue weighted by Gasteiger charge is -2.28. The summed E-state index contributed by atoms with van der Waals surface area (Å²) in [5.41, 5.74) is 0.416. The van der Waals surface area contributed by atoms with Gasteiger partial charge in [-0.2, -0.15) is 0 Å². The number of ether oxygens (including phenoxy) is 3. The molecule has 1 fully saturated rings. The quantitative estimate of drug-likeness (QED) is 0.528. The fourth-order valence-corrected chi connectivity index (χ4v) is 3.34. The first-order valence-corrected chi connectivity index (χ1v) is 10.3. The number of hydrogen-bond acceptors (Lipinski definition) is 9. The lowest BCUT2D eigenvalue weighted by Crippen LogP contribution is -2.43. The van der Waals surface area contributed by atoms with Gasteiger partial charge >= 0.3 is 0 Å². The Morgan fingerprint density at radius 2 is 1.64 bits per heavy atom. The van der Waals surface area contributed by atoms with Crippen molar-refractivity contribution in [3.05, 3.63) is 54.0 Å². The molecule has 3 aromatic rings. The van der Waals surface area contributed by atoms with Gasteiger partial charge in [-0.1, -0.05) is 0 Å². The minimum Gasteiger partial charge on any atom is -0.494 e. The van der Waals surface area contributed by atoms with Crippen molar-refractivity contribution in [2.75, 3.05) is 50.6 Å². The summed E-state index contributed by atoms with van der Waals surface area (Å²) in [5, 5.41) is 6.37. The van der Waals surface area contributed by atoms with Crippen molar-refractivity contribution in [3.8, 4) is 17.2 Å². The first-order chi connectivity index (χ1) is 16.1. The molecule has 9 nitrogen and oxygen atoms in total. The first kappa shape index (κ1) is 22.5. The van der Waals surface area contributed by atoms with Crippen LogP contribution in [-0.2, 0) is 6.61 Å². The number of pyridine rings is 1. The third kappa shape index (κ3) is 5.20. The van der Waals surface area contributed by atoms with E-state index in [1.807, 2.05) is 12.1 Å². The Bertz CT molecular complexity index is 1050. The second kappa shape index (κ2) is 10.3. The van der Waals surface area contributed by atoms with Crippen LogP contribution >= 0.6 is 0 Å². The lowest BCUT2D eigenvalue weighted by molar-refractivity contribution is 0.280. The van der Waals surface area contributed by atoms with Crippen LogP contribution in [0.15, 0.2) is 36.8 Å². The zero-order chi connectivity index (χ0) is 23.2. The number of nitrogens with one attached hydrogen (secondary N) is 2. The molecule has 11 heteroatoms. The highest BCUT2D eigenvalue weighted by molar-refractivity contribution is 5.55. The van der Waals surface area contributed by atoms with Gasteiger partial charge in [0.1, 0.15) is 12.4 Å². The SMILES string of the molecule is COc1cc(OC)c(F)c(COc2cnc(Nc3ccc(N4CCNCC4)nc3)nc2)c1F. The Morgan fingerprint density at radius 3 is 2.21 bits per heavy atom. The second-order valence-electron chi connectivity index (χ2n) is 7.19. The van der Waals surface area contributed by atoms with E-state index in [1.54, 1.807) is 6.20 Å². The average molecular weight is 458 g/mol. The maximum Gasteiger partial charge on any atom is 0.227 e. The number of halogens is 2. The summed E-state index contributed by atoms with van der Waals surface area (Å²) in [6, 6.07) is 4.99. The number of rotatable bonds is 8. The van der Waals surface area contributed by atoms with Crippen LogP contribution in [0.5, 0.6) is 17.2 Å². The molecule has 0 aliphatic carbocycles. The fourth-order valence-electron chi connectivity index (χ4n) is 3.34. The summed E-state index contributed by atoms with van der Waals surface area (Å²) in [5.74, 6) is -0.495. The molecule has 0 bridgehead atoms. The van der Waals surface area contributed by atoms with Gasteiger partial charge in [-0.3, -0.25) is 0 Å². The summed E-state index contributed by atoms with van der Waals surface area (Å²) in [6.07, 6.45) is 4.53. The highest BCUT2D eigenvalue weighted by atomic mass is 19.1. The van der Waals surface area contributed by atoms with E-state index >= 15 is 0 Å². The summed E-state index contributed by atoms with van der Waals surface area (Å²) < 4.78 is 44.2. The smallest absolute Gasteiger partial charge is 0.227 e. The largest absolute Gasteiger partial charge is 0.494 e. The van der Waals surface area contributed by atoms with Crippen LogP contribution in [0.1, 0.15) is 5.56 Å². The molecule has 174 valence electrons. The van der Waals surface area contributed by atoms with Gasteiger partial charge in [-0.25, -0.2) is 23.7 Å². The van der Waals surface area contributed by atoms with Gasteiger partial charge in [-0.15, -0.1) is 0 Å². The zero-order valence-corrected chi connectivity index (χ0v) is 18.3. The van der Waals surface area contributed by atoms with Crippen molar-refractivity contribution in [2.45, 2.75) is 6.61 Å². The van der Waals surface area contributed by atoms with Gasteiger partial charge in [0.2, 0.25) is 5.95 Å². The number of benzene rings is 1. The Hall–Kier alpha value is -3.73. The first-order valence-electron chi connectivity index (χ1n) is 10.3. The van der Waals surface area contributed by atoms with Gasteiger partial charge in [0.05, 0.1) is 44.1 Å². The van der Waals surface area contributed by atoms with Crippen LogP contribution in [0.3, 0.4) is 0 Å². The molecule has 33 heavy (non-hydrogen) atoms. The third-order valence-electron chi connectivity index (χ3n) is 5.12. The van der Waals surface area contributed by atoms with Crippen LogP contribution in [0.25, 0.3) is 0 Å². The normalized spacial score (nSPS) is 13.5. The van der Waals surface area contributed by atoms with Crippen LogP contribution < -0.4 is 29.7 Å². The Balaban J connectivity index is 1.38. The number of aromatic nitrogens is 3. The minimum atomic E-state index is -0.855. The van der Waals surface area contributed by atoms with Gasteiger partial charge < -0.3 is 29.7 Å². The Kier molecular flexibility index (Phi) is 6.98. The molecule has 4 rings (SSSR count). The summed E-state index contributed by atoms with van der Waals surface area (Å²) in [6.45, 7) is 3.32. The number of hydrogen-bond donors (Lipinski definition) is 2. The lowest BCUT2D eigenvalue weighted by atomic mass is 10.1. The molecule has 0 saturated carbocycles. The van der Waals surface area contributed by atoms with Crippen LogP contribution in [-0.4, -0.2) is 55.4 Å². The van der Waals surface area contributed by atoms with Crippen LogP contribution in [0, 0.1) is 11.6 Å². The molecule has 3 heterocycles. The van der Waals surface area contributed by atoms with E-state index in [4.69, 9.17) is 14.2 Å². The molecule has 0 amide bonds. The fraction of sp³-hybridized carbons (Fsp3) is 0.318. The number of nitrogens with zero attached hydrogens (tertiary/aromatic N) is 4. The summed E-state index contributed by atoms with van der Waals surface area (Å²) >= 11 is 0. The van der Waals surface area contributed by atoms with Gasteiger partial charge in [-0.05, 0) is 12.1 Å². The van der Waals surface area contributed by atoms with E-state index in [0.29, 0.717) is 5.95 Å². The van der Waals surface area contributed by atoms with Crippen LogP contribution in [0.2, 0.25) is 0 Å². The average Bonchev–Trinajstić information content (AvgIpc) is 2.86. The van der Waals surface area contributed by atoms with E-state index in [0.717, 1.165) is 43.8 Å². The molecule has 1 aliphatic heterocycles. The van der Waals surface area contributed by atoms with Crippen molar-refractivity contribution in [3.63, 3.8) is 0 Å². The molecule has 2 aromatic heterocycles. The highest BCUT2D eigenvalue weighted by Gasteiger charge is 2.20. The topological polar surface area (TPSA) is 93.7 Å². The molecule has 2 N–H and O–H groups in total. The predicted octanol–water partition coefficient (Wildman–Crippen LogP) is 2.90. The molecular weight excluding hydrogens is 434 g/mol. The van der Waals surface area contributed by atoms with Gasteiger partial charge in [0.15, 0.2) is 28.9 Å². The molecule has 0 radical (unpaired) electrons. The minimum absolute atomic E-state index is 0.140. The van der Waals surface area contributed by atoms with E-state index in [9.17, 15) is 8.78 Å². The Labute approximate surface area is 189 Å². The predicted molar refractivity (Wildman–Crippen MR) is 118 cm³/mol. The van der Waals surface area contributed by atoms with Crippen molar-refractivity contribution in [1.29, 1.82) is 0 Å². The molecular formula is C22H24F2N6O3. The monoisotopic (exact) mass is 458 g/mol. The standard InChI is InChI=1S/C22H24F2N6O3/c1-31-17-9-18(32-2)21(24)16(20(17)23)13-33-15-11-27-22(28-12-15)29-14-3-4-19(26-10-14)30-7-5-25-6-8-30/h3-4,9-12,25H,5-8,13H2,1-2H3,(H,27,28,29). The molecule has 1 aliphatic rings. The number of methoxy groups -OCH3 is 2. The van der Waals surface area contributed by atoms with Crippen molar-refractivity contribution >= 4 is 17.5 Å². The van der Waals surface area contributed by atoms with E-state index in [-0.39, 0.29) is 22.8 Å². The van der Waals surface area contributed by atoms with Gasteiger partial charge in [0.25, 0.3) is 0 Å². The summed E-state index contributed by atoms with van der Waals surface area (Å²) in [7, 11) is 2.57. The van der Waals surface area contributed by atoms with Crippen molar-refractivity contribution in [2.24, 2.45) is 0 Å². The molecule has 1 saturated heterocycles. The number of anilines is 3.